The first-order valence-electron chi connectivity index (χ1n) is 7.28. The number of hydrogen-bond donors (Lipinski definition) is 1. The van der Waals surface area contributed by atoms with E-state index in [9.17, 15) is 4.79 Å². The van der Waals surface area contributed by atoms with Crippen molar-refractivity contribution in [1.82, 2.24) is 15.1 Å². The molecule has 0 bridgehead atoms. The lowest BCUT2D eigenvalue weighted by Gasteiger charge is -2.31. The number of allylic oxidation sites excluding steroid dienone is 1. The number of nitrogens with one attached hydrogen (secondary N) is 1. The Morgan fingerprint density at radius 3 is 2.47 bits per heavy atom. The summed E-state index contributed by atoms with van der Waals surface area (Å²) in [6.07, 6.45) is 5.27. The van der Waals surface area contributed by atoms with Crippen LogP contribution in [0.5, 0.6) is 0 Å². The lowest BCUT2D eigenvalue weighted by atomic mass is 10.0. The van der Waals surface area contributed by atoms with E-state index in [1.807, 2.05) is 14.1 Å². The lowest BCUT2D eigenvalue weighted by Crippen LogP contribution is -2.43. The van der Waals surface area contributed by atoms with Gasteiger partial charge in [0.1, 0.15) is 0 Å². The van der Waals surface area contributed by atoms with Crippen molar-refractivity contribution >= 4 is 5.91 Å². The minimum Gasteiger partial charge on any atom is -0.349 e. The van der Waals surface area contributed by atoms with Gasteiger partial charge in [-0.1, -0.05) is 11.6 Å². The molecular weight excluding hydrogens is 238 g/mol. The van der Waals surface area contributed by atoms with Gasteiger partial charge in [-0.25, -0.2) is 0 Å². The Kier molecular flexibility index (Phi) is 7.10. The molecule has 0 aromatic heterocycles. The zero-order valence-corrected chi connectivity index (χ0v) is 12.9. The third-order valence-corrected chi connectivity index (χ3v) is 3.62. The summed E-state index contributed by atoms with van der Waals surface area (Å²) in [7, 11) is 3.62. The first kappa shape index (κ1) is 16.2. The van der Waals surface area contributed by atoms with Crippen LogP contribution >= 0.6 is 0 Å². The van der Waals surface area contributed by atoms with Gasteiger partial charge in [0.15, 0.2) is 0 Å². The molecule has 1 fully saturated rings. The molecule has 0 atom stereocenters. The highest BCUT2D eigenvalue weighted by molar-refractivity contribution is 5.75. The molecule has 1 aliphatic heterocycles. The Morgan fingerprint density at radius 1 is 1.32 bits per heavy atom. The Morgan fingerprint density at radius 2 is 1.95 bits per heavy atom. The van der Waals surface area contributed by atoms with E-state index in [0.29, 0.717) is 12.5 Å². The third kappa shape index (κ3) is 6.73. The van der Waals surface area contributed by atoms with Gasteiger partial charge in [-0.3, -0.25) is 9.69 Å². The van der Waals surface area contributed by atoms with E-state index >= 15 is 0 Å². The molecule has 1 rings (SSSR count). The second-order valence-electron chi connectivity index (χ2n) is 5.85. The van der Waals surface area contributed by atoms with E-state index in [1.165, 1.54) is 18.4 Å². The van der Waals surface area contributed by atoms with Crippen molar-refractivity contribution in [2.75, 3.05) is 40.3 Å². The maximum Gasteiger partial charge on any atom is 0.223 e. The average molecular weight is 267 g/mol. The normalized spacial score (nSPS) is 17.3. The highest BCUT2D eigenvalue weighted by atomic mass is 16.2. The van der Waals surface area contributed by atoms with Crippen LogP contribution in [0.4, 0.5) is 0 Å². The van der Waals surface area contributed by atoms with Crippen LogP contribution in [0.1, 0.15) is 33.1 Å². The van der Waals surface area contributed by atoms with Crippen molar-refractivity contribution in [2.45, 2.75) is 39.2 Å². The molecule has 4 heteroatoms. The third-order valence-electron chi connectivity index (χ3n) is 3.62. The van der Waals surface area contributed by atoms with Crippen molar-refractivity contribution in [2.24, 2.45) is 0 Å². The number of piperidine rings is 1. The van der Waals surface area contributed by atoms with E-state index in [2.05, 4.69) is 30.1 Å². The topological polar surface area (TPSA) is 35.6 Å². The van der Waals surface area contributed by atoms with Crippen molar-refractivity contribution in [3.8, 4) is 0 Å². The van der Waals surface area contributed by atoms with Gasteiger partial charge in [-0.2, -0.15) is 0 Å². The Hall–Kier alpha value is -0.870. The van der Waals surface area contributed by atoms with Gasteiger partial charge in [-0.15, -0.1) is 0 Å². The summed E-state index contributed by atoms with van der Waals surface area (Å²) in [5.74, 6) is 0.202. The highest BCUT2D eigenvalue weighted by Crippen LogP contribution is 2.10. The summed E-state index contributed by atoms with van der Waals surface area (Å²) in [5, 5.41) is 3.50. The first-order chi connectivity index (χ1) is 8.99. The predicted molar refractivity (Wildman–Crippen MR) is 80.2 cm³/mol. The van der Waals surface area contributed by atoms with E-state index < -0.39 is 0 Å². The molecule has 1 aliphatic rings. The van der Waals surface area contributed by atoms with Crippen LogP contribution in [-0.4, -0.2) is 62.0 Å². The number of amides is 1. The smallest absolute Gasteiger partial charge is 0.223 e. The minimum absolute atomic E-state index is 0.202. The zero-order chi connectivity index (χ0) is 14.3. The van der Waals surface area contributed by atoms with Gasteiger partial charge >= 0.3 is 0 Å². The summed E-state index contributed by atoms with van der Waals surface area (Å²) in [4.78, 5) is 15.6. The monoisotopic (exact) mass is 267 g/mol. The van der Waals surface area contributed by atoms with Crippen molar-refractivity contribution in [3.05, 3.63) is 11.6 Å². The summed E-state index contributed by atoms with van der Waals surface area (Å²) in [6, 6.07) is 0.581. The van der Waals surface area contributed by atoms with Crippen LogP contribution in [0.2, 0.25) is 0 Å². The first-order valence-corrected chi connectivity index (χ1v) is 7.28. The fraction of sp³-hybridized carbons (Fsp3) is 0.800. The number of likely N-dealkylation sites (tertiary alicyclic amines) is 1. The van der Waals surface area contributed by atoms with E-state index in [-0.39, 0.29) is 5.91 Å². The van der Waals surface area contributed by atoms with Gasteiger partial charge in [-0.05, 0) is 39.8 Å². The molecule has 0 radical (unpaired) electrons. The van der Waals surface area contributed by atoms with Crippen LogP contribution in [0.15, 0.2) is 11.6 Å². The van der Waals surface area contributed by atoms with Gasteiger partial charge in [0.25, 0.3) is 0 Å². The van der Waals surface area contributed by atoms with Gasteiger partial charge < -0.3 is 10.2 Å². The molecule has 0 aliphatic carbocycles. The van der Waals surface area contributed by atoms with Crippen LogP contribution in [0, 0.1) is 0 Å². The highest BCUT2D eigenvalue weighted by Gasteiger charge is 2.18. The summed E-state index contributed by atoms with van der Waals surface area (Å²) in [6.45, 7) is 8.49. The quantitative estimate of drug-likeness (QED) is 0.741. The number of nitrogens with zero attached hydrogens (tertiary/aromatic N) is 2. The Labute approximate surface area is 117 Å². The van der Waals surface area contributed by atoms with Crippen LogP contribution < -0.4 is 5.32 Å². The van der Waals surface area contributed by atoms with Crippen LogP contribution in [-0.2, 0) is 4.79 Å². The molecular formula is C15H29N3O. The molecule has 4 nitrogen and oxygen atoms in total. The largest absolute Gasteiger partial charge is 0.349 e. The van der Waals surface area contributed by atoms with Crippen molar-refractivity contribution in [3.63, 3.8) is 0 Å². The van der Waals surface area contributed by atoms with Crippen molar-refractivity contribution in [1.29, 1.82) is 0 Å². The fourth-order valence-corrected chi connectivity index (χ4v) is 2.24. The van der Waals surface area contributed by atoms with Gasteiger partial charge in [0, 0.05) is 39.6 Å². The maximum atomic E-state index is 11.5. The van der Waals surface area contributed by atoms with Gasteiger partial charge in [0.05, 0.1) is 0 Å². The number of carbonyl (C=O) groups excluding carboxylic acids is 1. The molecule has 1 saturated heterocycles. The summed E-state index contributed by atoms with van der Waals surface area (Å²) in [5.41, 5.74) is 1.39. The van der Waals surface area contributed by atoms with E-state index in [1.54, 1.807) is 4.90 Å². The zero-order valence-electron chi connectivity index (χ0n) is 12.9. The van der Waals surface area contributed by atoms with Gasteiger partial charge in [0.2, 0.25) is 5.91 Å². The lowest BCUT2D eigenvalue weighted by molar-refractivity contribution is -0.128. The molecule has 0 aromatic rings. The second kappa shape index (κ2) is 8.33. The minimum atomic E-state index is 0.202. The molecule has 0 saturated carbocycles. The van der Waals surface area contributed by atoms with Crippen LogP contribution in [0.25, 0.3) is 0 Å². The predicted octanol–water partition coefficient (Wildman–Crippen LogP) is 1.48. The molecule has 1 N–H and O–H groups in total. The van der Waals surface area contributed by atoms with Crippen LogP contribution in [0.3, 0.4) is 0 Å². The standard InChI is InChI=1S/C15H29N3O/c1-13(2)6-10-18-11-7-14(8-12-18)16-9-5-15(19)17(3)4/h6,14,16H,5,7-12H2,1-4H3. The fourth-order valence-electron chi connectivity index (χ4n) is 2.24. The Bertz CT molecular complexity index is 301. The Balaban J connectivity index is 2.13. The number of carbonyl (C=O) groups is 1. The molecule has 1 amide bonds. The average Bonchev–Trinajstić information content (AvgIpc) is 2.37. The maximum absolute atomic E-state index is 11.5. The second-order valence-corrected chi connectivity index (χ2v) is 5.85. The molecule has 0 aromatic carbocycles. The van der Waals surface area contributed by atoms with E-state index in [0.717, 1.165) is 26.2 Å². The number of hydrogen-bond acceptors (Lipinski definition) is 3. The molecule has 0 spiro atoms. The number of rotatable bonds is 6. The van der Waals surface area contributed by atoms with E-state index in [4.69, 9.17) is 0 Å². The molecule has 1 heterocycles. The summed E-state index contributed by atoms with van der Waals surface area (Å²) >= 11 is 0. The summed E-state index contributed by atoms with van der Waals surface area (Å²) < 4.78 is 0. The molecule has 110 valence electrons. The SMILES string of the molecule is CC(C)=CCN1CCC(NCCC(=O)N(C)C)CC1. The molecule has 19 heavy (non-hydrogen) atoms. The van der Waals surface area contributed by atoms with Crippen molar-refractivity contribution < 1.29 is 4.79 Å². The molecule has 0 unspecified atom stereocenters.